The van der Waals surface area contributed by atoms with Crippen LogP contribution in [0, 0.1) is 5.41 Å². The minimum absolute atomic E-state index is 0.109. The summed E-state index contributed by atoms with van der Waals surface area (Å²) in [5.74, 6) is 0.882. The number of nitrogens with zero attached hydrogens (tertiary/aromatic N) is 5. The Bertz CT molecular complexity index is 1370. The van der Waals surface area contributed by atoms with Crippen molar-refractivity contribution < 1.29 is 4.79 Å². The Kier molecular flexibility index (Phi) is 8.12. The first kappa shape index (κ1) is 28.1. The molecular weight excluding hydrogens is 500 g/mol. The van der Waals surface area contributed by atoms with Gasteiger partial charge in [0.2, 0.25) is 0 Å². The van der Waals surface area contributed by atoms with Gasteiger partial charge in [-0.05, 0) is 96.7 Å². The molecule has 0 aromatic carbocycles. The molecule has 0 saturated carbocycles. The zero-order chi connectivity index (χ0) is 28.6. The number of hydrogen-bond donors (Lipinski definition) is 3. The maximum Gasteiger partial charge on any atom is 0.252 e. The molecule has 0 spiro atoms. The van der Waals surface area contributed by atoms with Crippen LogP contribution in [0.25, 0.3) is 11.0 Å². The van der Waals surface area contributed by atoms with Gasteiger partial charge in [0.05, 0.1) is 23.0 Å². The van der Waals surface area contributed by atoms with Crippen molar-refractivity contribution in [1.82, 2.24) is 35.2 Å². The second kappa shape index (κ2) is 11.6. The zero-order valence-electron chi connectivity index (χ0n) is 24.7. The maximum absolute atomic E-state index is 13.6. The highest BCUT2D eigenvalue weighted by Crippen LogP contribution is 2.32. The third-order valence-corrected chi connectivity index (χ3v) is 8.77. The fraction of sp³-hybridized carbons (Fsp3) is 0.548. The molecule has 0 unspecified atom stereocenters. The van der Waals surface area contributed by atoms with Crippen molar-refractivity contribution in [2.75, 3.05) is 32.7 Å². The van der Waals surface area contributed by atoms with E-state index < -0.39 is 0 Å². The van der Waals surface area contributed by atoms with Crippen LogP contribution < -0.4 is 10.6 Å². The number of aromatic nitrogens is 3. The summed E-state index contributed by atoms with van der Waals surface area (Å²) < 4.78 is 1.93. The molecule has 40 heavy (non-hydrogen) atoms. The van der Waals surface area contributed by atoms with Crippen molar-refractivity contribution in [3.05, 3.63) is 58.7 Å². The summed E-state index contributed by atoms with van der Waals surface area (Å²) in [4.78, 5) is 23.6. The monoisotopic (exact) mass is 544 g/mol. The SMILES string of the molecule is C=C1NC(C)=CC(C)=C1CNC(=O)c1cc(C2CCN(C3CCN(C(C)=N)CC3)CC2)nc2c1cnn2C(C)C. The van der Waals surface area contributed by atoms with E-state index in [0.29, 0.717) is 29.9 Å². The number of amides is 1. The number of fused-ring (bicyclic) bond motifs is 1. The molecule has 3 aliphatic rings. The van der Waals surface area contributed by atoms with Gasteiger partial charge in [-0.15, -0.1) is 0 Å². The molecule has 0 aliphatic carbocycles. The van der Waals surface area contributed by atoms with Crippen LogP contribution in [0.1, 0.15) is 88.3 Å². The molecule has 2 saturated heterocycles. The van der Waals surface area contributed by atoms with Crippen LogP contribution in [-0.4, -0.2) is 75.1 Å². The second-order valence-electron chi connectivity index (χ2n) is 11.9. The fourth-order valence-electron chi connectivity index (χ4n) is 6.45. The van der Waals surface area contributed by atoms with Crippen molar-refractivity contribution in [3.8, 4) is 0 Å². The number of carbonyl (C=O) groups excluding carboxylic acids is 1. The number of allylic oxidation sites excluding steroid dienone is 3. The molecule has 5 heterocycles. The molecule has 9 nitrogen and oxygen atoms in total. The van der Waals surface area contributed by atoms with Crippen molar-refractivity contribution in [2.24, 2.45) is 0 Å². The first-order valence-electron chi connectivity index (χ1n) is 14.7. The molecular formula is C31H44N8O. The van der Waals surface area contributed by atoms with Crippen LogP contribution >= 0.6 is 0 Å². The number of dihydropyridines is 1. The molecule has 1 amide bonds. The van der Waals surface area contributed by atoms with Gasteiger partial charge in [0.15, 0.2) is 5.65 Å². The van der Waals surface area contributed by atoms with Crippen molar-refractivity contribution >= 4 is 22.8 Å². The average Bonchev–Trinajstić information content (AvgIpc) is 3.36. The maximum atomic E-state index is 13.6. The van der Waals surface area contributed by atoms with E-state index in [4.69, 9.17) is 10.4 Å². The van der Waals surface area contributed by atoms with E-state index >= 15 is 0 Å². The van der Waals surface area contributed by atoms with Gasteiger partial charge in [-0.1, -0.05) is 6.58 Å². The first-order chi connectivity index (χ1) is 19.1. The van der Waals surface area contributed by atoms with Crippen LogP contribution in [-0.2, 0) is 0 Å². The number of hydrogen-bond acceptors (Lipinski definition) is 6. The highest BCUT2D eigenvalue weighted by Gasteiger charge is 2.30. The fourth-order valence-corrected chi connectivity index (χ4v) is 6.45. The smallest absolute Gasteiger partial charge is 0.252 e. The molecule has 3 aliphatic heterocycles. The summed E-state index contributed by atoms with van der Waals surface area (Å²) in [7, 11) is 0. The van der Waals surface area contributed by atoms with Crippen molar-refractivity contribution in [2.45, 2.75) is 78.3 Å². The molecule has 2 fully saturated rings. The average molecular weight is 545 g/mol. The van der Waals surface area contributed by atoms with Crippen molar-refractivity contribution in [3.63, 3.8) is 0 Å². The van der Waals surface area contributed by atoms with Gasteiger partial charge in [-0.2, -0.15) is 5.10 Å². The molecule has 2 aromatic heterocycles. The van der Waals surface area contributed by atoms with Crippen molar-refractivity contribution in [1.29, 1.82) is 5.41 Å². The van der Waals surface area contributed by atoms with Gasteiger partial charge >= 0.3 is 0 Å². The van der Waals surface area contributed by atoms with Gasteiger partial charge in [0.1, 0.15) is 0 Å². The predicted molar refractivity (Wildman–Crippen MR) is 161 cm³/mol. The lowest BCUT2D eigenvalue weighted by atomic mass is 9.90. The second-order valence-corrected chi connectivity index (χ2v) is 11.9. The van der Waals surface area contributed by atoms with E-state index in [9.17, 15) is 4.79 Å². The summed E-state index contributed by atoms with van der Waals surface area (Å²) >= 11 is 0. The van der Waals surface area contributed by atoms with Crippen LogP contribution in [0.2, 0.25) is 0 Å². The van der Waals surface area contributed by atoms with E-state index in [2.05, 4.69) is 59.0 Å². The highest BCUT2D eigenvalue weighted by atomic mass is 16.1. The normalized spacial score (nSPS) is 19.8. The quantitative estimate of drug-likeness (QED) is 0.359. The van der Waals surface area contributed by atoms with Gasteiger partial charge < -0.3 is 20.4 Å². The number of likely N-dealkylation sites (tertiary alicyclic amines) is 2. The van der Waals surface area contributed by atoms with E-state index in [1.165, 1.54) is 0 Å². The zero-order valence-corrected chi connectivity index (χ0v) is 24.7. The number of pyridine rings is 1. The Hall–Kier alpha value is -3.46. The number of piperidine rings is 2. The Morgan fingerprint density at radius 3 is 2.50 bits per heavy atom. The van der Waals surface area contributed by atoms with E-state index in [0.717, 1.165) is 91.1 Å². The number of rotatable bonds is 6. The van der Waals surface area contributed by atoms with Crippen LogP contribution in [0.15, 0.2) is 47.5 Å². The van der Waals surface area contributed by atoms with Crippen LogP contribution in [0.4, 0.5) is 0 Å². The van der Waals surface area contributed by atoms with Gasteiger partial charge in [0.25, 0.3) is 5.91 Å². The van der Waals surface area contributed by atoms with E-state index in [1.807, 2.05) is 24.6 Å². The Morgan fingerprint density at radius 2 is 1.88 bits per heavy atom. The molecule has 5 rings (SSSR count). The molecule has 3 N–H and O–H groups in total. The molecule has 2 aromatic rings. The Morgan fingerprint density at radius 1 is 1.18 bits per heavy atom. The minimum Gasteiger partial charge on any atom is -0.361 e. The van der Waals surface area contributed by atoms with Crippen LogP contribution in [0.3, 0.4) is 0 Å². The summed E-state index contributed by atoms with van der Waals surface area (Å²) in [6.07, 6.45) is 8.16. The summed E-state index contributed by atoms with van der Waals surface area (Å²) in [5.41, 5.74) is 6.42. The third-order valence-electron chi connectivity index (χ3n) is 8.77. The lowest BCUT2D eigenvalue weighted by Gasteiger charge is -2.42. The topological polar surface area (TPSA) is 102 Å². The number of amidine groups is 1. The Balaban J connectivity index is 1.34. The molecule has 214 valence electrons. The summed E-state index contributed by atoms with van der Waals surface area (Å²) in [6, 6.07) is 2.75. The third kappa shape index (κ3) is 5.70. The lowest BCUT2D eigenvalue weighted by Crippen LogP contribution is -2.48. The predicted octanol–water partition coefficient (Wildman–Crippen LogP) is 4.72. The number of nitrogens with one attached hydrogen (secondary N) is 3. The first-order valence-corrected chi connectivity index (χ1v) is 14.7. The largest absolute Gasteiger partial charge is 0.361 e. The number of carbonyl (C=O) groups is 1. The van der Waals surface area contributed by atoms with E-state index in [-0.39, 0.29) is 11.9 Å². The van der Waals surface area contributed by atoms with Gasteiger partial charge in [-0.3, -0.25) is 10.2 Å². The molecule has 0 bridgehead atoms. The van der Waals surface area contributed by atoms with E-state index in [1.54, 1.807) is 6.20 Å². The van der Waals surface area contributed by atoms with Crippen LogP contribution in [0.5, 0.6) is 0 Å². The lowest BCUT2D eigenvalue weighted by molar-refractivity contribution is 0.0958. The minimum atomic E-state index is -0.109. The molecule has 0 atom stereocenters. The summed E-state index contributed by atoms with van der Waals surface area (Å²) in [5, 5.41) is 19.7. The van der Waals surface area contributed by atoms with Gasteiger partial charge in [0, 0.05) is 54.7 Å². The Labute approximate surface area is 237 Å². The van der Waals surface area contributed by atoms with Gasteiger partial charge in [-0.25, -0.2) is 9.67 Å². The summed E-state index contributed by atoms with van der Waals surface area (Å²) in [6.45, 7) is 18.7. The molecule has 9 heteroatoms. The standard InChI is InChI=1S/C31H44N8O/c1-19(2)39-30-28(18-34-39)26(31(40)33-17-27-20(3)15-21(4)35-22(27)5)16-29(36-30)24-7-11-38(12-8-24)25-9-13-37(14-10-25)23(6)32/h15-16,18-19,24-25,32,35H,5,7-14,17H2,1-4,6H3,(H,33,40). The highest BCUT2D eigenvalue weighted by molar-refractivity contribution is 6.05. The molecule has 0 radical (unpaired) electrons.